The molecular weight excluding hydrogens is 298 g/mol. The molecule has 1 unspecified atom stereocenters. The Balaban J connectivity index is 2.22. The van der Waals surface area contributed by atoms with Crippen LogP contribution in [-0.4, -0.2) is 27.2 Å². The summed E-state index contributed by atoms with van der Waals surface area (Å²) in [7, 11) is 3.38. The number of nitrogens with zero attached hydrogens (tertiary/aromatic N) is 3. The number of rotatable bonds is 4. The zero-order valence-electron chi connectivity index (χ0n) is 10.2. The van der Waals surface area contributed by atoms with Gasteiger partial charge in [-0.15, -0.1) is 5.10 Å². The van der Waals surface area contributed by atoms with Gasteiger partial charge in [-0.3, -0.25) is 4.68 Å². The minimum Gasteiger partial charge on any atom is -0.496 e. The summed E-state index contributed by atoms with van der Waals surface area (Å²) in [5.41, 5.74) is 1.48. The van der Waals surface area contributed by atoms with E-state index in [1.54, 1.807) is 25.0 Å². The Kier molecular flexibility index (Phi) is 3.98. The highest BCUT2D eigenvalue weighted by Gasteiger charge is 2.16. The van der Waals surface area contributed by atoms with Crippen molar-refractivity contribution in [1.29, 1.82) is 0 Å². The number of aromatic nitrogens is 3. The van der Waals surface area contributed by atoms with E-state index in [-0.39, 0.29) is 0 Å². The third-order valence-corrected chi connectivity index (χ3v) is 3.10. The van der Waals surface area contributed by atoms with Crippen LogP contribution in [0.4, 0.5) is 0 Å². The van der Waals surface area contributed by atoms with Crippen LogP contribution in [0.2, 0.25) is 0 Å². The van der Waals surface area contributed by atoms with Crippen LogP contribution >= 0.6 is 15.9 Å². The maximum absolute atomic E-state index is 10.2. The Morgan fingerprint density at radius 2 is 2.28 bits per heavy atom. The molecule has 0 spiro atoms. The van der Waals surface area contributed by atoms with Gasteiger partial charge in [-0.2, -0.15) is 0 Å². The van der Waals surface area contributed by atoms with Crippen LogP contribution in [0.5, 0.6) is 5.75 Å². The standard InChI is InChI=1S/C12H14BrN3O2/c1-16-7-9(14-15-16)6-11(17)10-5-8(13)3-4-12(10)18-2/h3-5,7,11,17H,6H2,1-2H3. The topological polar surface area (TPSA) is 60.2 Å². The van der Waals surface area contributed by atoms with Gasteiger partial charge in [0.25, 0.3) is 0 Å². The number of halogens is 1. The summed E-state index contributed by atoms with van der Waals surface area (Å²) < 4.78 is 7.75. The highest BCUT2D eigenvalue weighted by atomic mass is 79.9. The molecule has 1 N–H and O–H groups in total. The van der Waals surface area contributed by atoms with Crippen molar-refractivity contribution in [3.05, 3.63) is 40.1 Å². The predicted octanol–water partition coefficient (Wildman–Crippen LogP) is 1.86. The average Bonchev–Trinajstić information content (AvgIpc) is 2.74. The molecule has 1 atom stereocenters. The monoisotopic (exact) mass is 311 g/mol. The van der Waals surface area contributed by atoms with Crippen LogP contribution in [0.1, 0.15) is 17.4 Å². The van der Waals surface area contributed by atoms with Crippen LogP contribution in [-0.2, 0) is 13.5 Å². The van der Waals surface area contributed by atoms with E-state index in [0.717, 1.165) is 15.7 Å². The molecule has 96 valence electrons. The zero-order valence-corrected chi connectivity index (χ0v) is 11.8. The van der Waals surface area contributed by atoms with E-state index in [2.05, 4.69) is 26.2 Å². The van der Waals surface area contributed by atoms with Crippen molar-refractivity contribution in [2.45, 2.75) is 12.5 Å². The lowest BCUT2D eigenvalue weighted by Gasteiger charge is -2.14. The number of hydrogen-bond donors (Lipinski definition) is 1. The highest BCUT2D eigenvalue weighted by Crippen LogP contribution is 2.30. The summed E-state index contributed by atoms with van der Waals surface area (Å²) in [6.45, 7) is 0. The molecule has 1 aromatic carbocycles. The van der Waals surface area contributed by atoms with Gasteiger partial charge in [0.15, 0.2) is 0 Å². The van der Waals surface area contributed by atoms with Gasteiger partial charge < -0.3 is 9.84 Å². The molecule has 18 heavy (non-hydrogen) atoms. The minimum absolute atomic E-state index is 0.403. The first-order valence-corrected chi connectivity index (χ1v) is 6.26. The Labute approximate surface area is 114 Å². The second-order valence-corrected chi connectivity index (χ2v) is 4.91. The molecule has 0 aliphatic rings. The van der Waals surface area contributed by atoms with Gasteiger partial charge in [0.1, 0.15) is 5.75 Å². The summed E-state index contributed by atoms with van der Waals surface area (Å²) in [6.07, 6.45) is 1.52. The number of aryl methyl sites for hydroxylation is 1. The minimum atomic E-state index is -0.672. The van der Waals surface area contributed by atoms with Crippen LogP contribution in [0.25, 0.3) is 0 Å². The van der Waals surface area contributed by atoms with Crippen molar-refractivity contribution in [2.24, 2.45) is 7.05 Å². The fraction of sp³-hybridized carbons (Fsp3) is 0.333. The van der Waals surface area contributed by atoms with Crippen LogP contribution in [0.15, 0.2) is 28.9 Å². The number of ether oxygens (including phenoxy) is 1. The second kappa shape index (κ2) is 5.49. The largest absolute Gasteiger partial charge is 0.496 e. The first-order chi connectivity index (χ1) is 8.60. The molecule has 5 nitrogen and oxygen atoms in total. The van der Waals surface area contributed by atoms with Crippen LogP contribution in [0.3, 0.4) is 0 Å². The number of hydrogen-bond acceptors (Lipinski definition) is 4. The zero-order chi connectivity index (χ0) is 13.1. The molecule has 0 saturated heterocycles. The Morgan fingerprint density at radius 3 is 2.89 bits per heavy atom. The van der Waals surface area contributed by atoms with Gasteiger partial charge in [0.2, 0.25) is 0 Å². The van der Waals surface area contributed by atoms with Gasteiger partial charge in [-0.25, -0.2) is 0 Å². The first kappa shape index (κ1) is 13.0. The molecule has 0 bridgehead atoms. The summed E-state index contributed by atoms with van der Waals surface area (Å²) >= 11 is 3.38. The lowest BCUT2D eigenvalue weighted by molar-refractivity contribution is 0.172. The Hall–Kier alpha value is -1.40. The van der Waals surface area contributed by atoms with E-state index in [4.69, 9.17) is 4.74 Å². The number of aliphatic hydroxyl groups is 1. The number of methoxy groups -OCH3 is 1. The molecule has 2 aromatic rings. The van der Waals surface area contributed by atoms with E-state index >= 15 is 0 Å². The van der Waals surface area contributed by atoms with Gasteiger partial charge in [-0.1, -0.05) is 21.1 Å². The quantitative estimate of drug-likeness (QED) is 0.936. The molecule has 0 fully saturated rings. The maximum Gasteiger partial charge on any atom is 0.124 e. The third-order valence-electron chi connectivity index (χ3n) is 2.60. The molecular formula is C12H14BrN3O2. The van der Waals surface area contributed by atoms with Crippen molar-refractivity contribution in [3.63, 3.8) is 0 Å². The smallest absolute Gasteiger partial charge is 0.124 e. The van der Waals surface area contributed by atoms with Crippen molar-refractivity contribution >= 4 is 15.9 Å². The molecule has 2 rings (SSSR count). The lowest BCUT2D eigenvalue weighted by atomic mass is 10.0. The summed E-state index contributed by atoms with van der Waals surface area (Å²) in [4.78, 5) is 0. The molecule has 6 heteroatoms. The normalized spacial score (nSPS) is 12.4. The first-order valence-electron chi connectivity index (χ1n) is 5.47. The molecule has 0 amide bonds. The van der Waals surface area contributed by atoms with Gasteiger partial charge in [0.05, 0.1) is 18.9 Å². The number of benzene rings is 1. The van der Waals surface area contributed by atoms with Crippen molar-refractivity contribution in [3.8, 4) is 5.75 Å². The maximum atomic E-state index is 10.2. The molecule has 0 aliphatic heterocycles. The Bertz CT molecular complexity index is 542. The highest BCUT2D eigenvalue weighted by molar-refractivity contribution is 9.10. The van der Waals surface area contributed by atoms with Crippen LogP contribution < -0.4 is 4.74 Å². The SMILES string of the molecule is COc1ccc(Br)cc1C(O)Cc1cn(C)nn1. The van der Waals surface area contributed by atoms with Crippen molar-refractivity contribution < 1.29 is 9.84 Å². The van der Waals surface area contributed by atoms with E-state index < -0.39 is 6.10 Å². The average molecular weight is 312 g/mol. The second-order valence-electron chi connectivity index (χ2n) is 3.99. The van der Waals surface area contributed by atoms with Gasteiger partial charge in [0, 0.05) is 29.7 Å². The lowest BCUT2D eigenvalue weighted by Crippen LogP contribution is -2.04. The molecule has 1 aromatic heterocycles. The third kappa shape index (κ3) is 2.88. The van der Waals surface area contributed by atoms with Crippen molar-refractivity contribution in [1.82, 2.24) is 15.0 Å². The van der Waals surface area contributed by atoms with E-state index in [1.165, 1.54) is 0 Å². The molecule has 0 saturated carbocycles. The fourth-order valence-corrected chi connectivity index (χ4v) is 2.14. The predicted molar refractivity (Wildman–Crippen MR) is 70.4 cm³/mol. The molecule has 0 radical (unpaired) electrons. The Morgan fingerprint density at radius 1 is 1.50 bits per heavy atom. The summed E-state index contributed by atoms with van der Waals surface area (Å²) in [6, 6.07) is 5.54. The van der Waals surface area contributed by atoms with Gasteiger partial charge >= 0.3 is 0 Å². The summed E-state index contributed by atoms with van der Waals surface area (Å²) in [5.74, 6) is 0.662. The van der Waals surface area contributed by atoms with E-state index in [1.807, 2.05) is 18.2 Å². The fourth-order valence-electron chi connectivity index (χ4n) is 1.76. The number of aliphatic hydroxyl groups excluding tert-OH is 1. The molecule has 1 heterocycles. The molecule has 0 aliphatic carbocycles. The summed E-state index contributed by atoms with van der Waals surface area (Å²) in [5, 5.41) is 18.0. The van der Waals surface area contributed by atoms with E-state index in [9.17, 15) is 5.11 Å². The van der Waals surface area contributed by atoms with Gasteiger partial charge in [-0.05, 0) is 18.2 Å². The van der Waals surface area contributed by atoms with E-state index in [0.29, 0.717) is 12.2 Å². The van der Waals surface area contributed by atoms with Crippen LogP contribution in [0, 0.1) is 0 Å². The van der Waals surface area contributed by atoms with Crippen molar-refractivity contribution in [2.75, 3.05) is 7.11 Å².